The second-order valence-corrected chi connectivity index (χ2v) is 4.58. The lowest BCUT2D eigenvalue weighted by molar-refractivity contribution is -0.120. The van der Waals surface area contributed by atoms with Crippen LogP contribution in [0, 0.1) is 0 Å². The van der Waals surface area contributed by atoms with Crippen molar-refractivity contribution in [3.05, 3.63) is 33.8 Å². The van der Waals surface area contributed by atoms with Gasteiger partial charge in [0.05, 0.1) is 16.1 Å². The molecule has 0 saturated carbocycles. The number of hydrogen-bond acceptors (Lipinski definition) is 2. The molecule has 1 aliphatic heterocycles. The molecule has 1 fully saturated rings. The highest BCUT2D eigenvalue weighted by molar-refractivity contribution is 6.42. The van der Waals surface area contributed by atoms with E-state index in [1.54, 1.807) is 6.07 Å². The average Bonchev–Trinajstić information content (AvgIpc) is 2.66. The van der Waals surface area contributed by atoms with E-state index in [4.69, 9.17) is 23.2 Å². The molecule has 1 heterocycles. The van der Waals surface area contributed by atoms with Gasteiger partial charge in [0.2, 0.25) is 5.91 Å². The minimum absolute atomic E-state index is 0.0695. The van der Waals surface area contributed by atoms with E-state index < -0.39 is 0 Å². The van der Waals surface area contributed by atoms with Crippen molar-refractivity contribution in [3.63, 3.8) is 0 Å². The minimum atomic E-state index is -0.0885. The minimum Gasteiger partial charge on any atom is -0.355 e. The van der Waals surface area contributed by atoms with Crippen molar-refractivity contribution in [1.29, 1.82) is 0 Å². The number of carbonyl (C=O) groups excluding carboxylic acids is 1. The molecule has 2 N–H and O–H groups in total. The highest BCUT2D eigenvalue weighted by atomic mass is 35.5. The summed E-state index contributed by atoms with van der Waals surface area (Å²) in [6, 6.07) is 5.38. The third-order valence-electron chi connectivity index (χ3n) is 2.59. The van der Waals surface area contributed by atoms with Crippen LogP contribution in [0.15, 0.2) is 18.2 Å². The van der Waals surface area contributed by atoms with E-state index in [0.717, 1.165) is 18.5 Å². The molecule has 0 aliphatic carbocycles. The lowest BCUT2D eigenvalue weighted by atomic mass is 10.2. The Kier molecular flexibility index (Phi) is 3.69. The first-order valence-electron chi connectivity index (χ1n) is 5.12. The first kappa shape index (κ1) is 11.7. The standard InChI is InChI=1S/C11H12Cl2N2O/c12-8-2-1-7(5-9(8)13)6-15-10-3-4-14-11(10)16/h1-2,5,10,15H,3-4,6H2,(H,14,16). The van der Waals surface area contributed by atoms with Gasteiger partial charge in [-0.05, 0) is 24.1 Å². The summed E-state index contributed by atoms with van der Waals surface area (Å²) in [4.78, 5) is 11.3. The molecular formula is C11H12Cl2N2O. The van der Waals surface area contributed by atoms with Crippen LogP contribution in [0.2, 0.25) is 10.0 Å². The summed E-state index contributed by atoms with van der Waals surface area (Å²) in [5.74, 6) is 0.0695. The van der Waals surface area contributed by atoms with Gasteiger partial charge < -0.3 is 10.6 Å². The zero-order valence-corrected chi connectivity index (χ0v) is 10.1. The molecule has 2 rings (SSSR count). The molecule has 0 bridgehead atoms. The topological polar surface area (TPSA) is 41.1 Å². The molecule has 1 aromatic carbocycles. The number of carbonyl (C=O) groups is 1. The summed E-state index contributed by atoms with van der Waals surface area (Å²) >= 11 is 11.7. The molecule has 1 amide bonds. The predicted molar refractivity (Wildman–Crippen MR) is 64.7 cm³/mol. The maximum absolute atomic E-state index is 11.3. The molecule has 1 unspecified atom stereocenters. The van der Waals surface area contributed by atoms with Gasteiger partial charge in [-0.2, -0.15) is 0 Å². The van der Waals surface area contributed by atoms with Gasteiger partial charge in [-0.15, -0.1) is 0 Å². The maximum Gasteiger partial charge on any atom is 0.237 e. The Hall–Kier alpha value is -0.770. The maximum atomic E-state index is 11.3. The molecule has 3 nitrogen and oxygen atoms in total. The molecule has 5 heteroatoms. The van der Waals surface area contributed by atoms with Crippen LogP contribution in [0.3, 0.4) is 0 Å². The molecular weight excluding hydrogens is 247 g/mol. The van der Waals surface area contributed by atoms with E-state index in [1.807, 2.05) is 12.1 Å². The third-order valence-corrected chi connectivity index (χ3v) is 3.32. The van der Waals surface area contributed by atoms with Gasteiger partial charge in [-0.1, -0.05) is 29.3 Å². The lowest BCUT2D eigenvalue weighted by Gasteiger charge is -2.10. The van der Waals surface area contributed by atoms with E-state index in [1.165, 1.54) is 0 Å². The molecule has 86 valence electrons. The summed E-state index contributed by atoms with van der Waals surface area (Å²) < 4.78 is 0. The molecule has 1 saturated heterocycles. The van der Waals surface area contributed by atoms with Gasteiger partial charge >= 0.3 is 0 Å². The highest BCUT2D eigenvalue weighted by Crippen LogP contribution is 2.22. The monoisotopic (exact) mass is 258 g/mol. The summed E-state index contributed by atoms with van der Waals surface area (Å²) in [5.41, 5.74) is 1.02. The van der Waals surface area contributed by atoms with Crippen LogP contribution in [-0.4, -0.2) is 18.5 Å². The Morgan fingerprint density at radius 1 is 1.38 bits per heavy atom. The number of rotatable bonds is 3. The fraction of sp³-hybridized carbons (Fsp3) is 0.364. The average molecular weight is 259 g/mol. The van der Waals surface area contributed by atoms with Gasteiger partial charge in [-0.3, -0.25) is 4.79 Å². The molecule has 0 spiro atoms. The van der Waals surface area contributed by atoms with Gasteiger partial charge in [-0.25, -0.2) is 0 Å². The fourth-order valence-corrected chi connectivity index (χ4v) is 2.00. The van der Waals surface area contributed by atoms with Crippen LogP contribution >= 0.6 is 23.2 Å². The number of hydrogen-bond donors (Lipinski definition) is 2. The Labute approximate surface area is 104 Å². The second-order valence-electron chi connectivity index (χ2n) is 3.76. The Morgan fingerprint density at radius 2 is 2.19 bits per heavy atom. The predicted octanol–water partition coefficient (Wildman–Crippen LogP) is 1.97. The molecule has 0 radical (unpaired) electrons. The number of benzene rings is 1. The summed E-state index contributed by atoms with van der Waals surface area (Å²) in [5, 5.41) is 7.04. The highest BCUT2D eigenvalue weighted by Gasteiger charge is 2.22. The van der Waals surface area contributed by atoms with Crippen molar-refractivity contribution < 1.29 is 4.79 Å². The quantitative estimate of drug-likeness (QED) is 0.871. The van der Waals surface area contributed by atoms with E-state index in [-0.39, 0.29) is 11.9 Å². The lowest BCUT2D eigenvalue weighted by Crippen LogP contribution is -2.35. The number of amides is 1. The Morgan fingerprint density at radius 3 is 2.81 bits per heavy atom. The van der Waals surface area contributed by atoms with Crippen molar-refractivity contribution in [1.82, 2.24) is 10.6 Å². The largest absolute Gasteiger partial charge is 0.355 e. The van der Waals surface area contributed by atoms with E-state index >= 15 is 0 Å². The SMILES string of the molecule is O=C1NCCC1NCc1ccc(Cl)c(Cl)c1. The molecule has 1 aliphatic rings. The summed E-state index contributed by atoms with van der Waals surface area (Å²) in [6.45, 7) is 1.37. The normalized spacial score (nSPS) is 19.9. The summed E-state index contributed by atoms with van der Waals surface area (Å²) in [7, 11) is 0. The van der Waals surface area contributed by atoms with Gasteiger partial charge in [0.25, 0.3) is 0 Å². The van der Waals surface area contributed by atoms with Crippen LogP contribution in [0.5, 0.6) is 0 Å². The number of nitrogens with one attached hydrogen (secondary N) is 2. The second kappa shape index (κ2) is 5.04. The van der Waals surface area contributed by atoms with Gasteiger partial charge in [0.1, 0.15) is 0 Å². The van der Waals surface area contributed by atoms with Crippen LogP contribution < -0.4 is 10.6 Å². The van der Waals surface area contributed by atoms with Crippen LogP contribution in [-0.2, 0) is 11.3 Å². The number of halogens is 2. The van der Waals surface area contributed by atoms with Crippen LogP contribution in [0.4, 0.5) is 0 Å². The molecule has 1 aromatic rings. The van der Waals surface area contributed by atoms with E-state index in [2.05, 4.69) is 10.6 Å². The van der Waals surface area contributed by atoms with Gasteiger partial charge in [0, 0.05) is 13.1 Å². The van der Waals surface area contributed by atoms with E-state index in [9.17, 15) is 4.79 Å². The van der Waals surface area contributed by atoms with Gasteiger partial charge in [0.15, 0.2) is 0 Å². The first-order valence-corrected chi connectivity index (χ1v) is 5.87. The van der Waals surface area contributed by atoms with Crippen molar-refractivity contribution in [2.75, 3.05) is 6.54 Å². The molecule has 1 atom stereocenters. The van der Waals surface area contributed by atoms with E-state index in [0.29, 0.717) is 16.6 Å². The molecule has 16 heavy (non-hydrogen) atoms. The zero-order chi connectivity index (χ0) is 11.5. The summed E-state index contributed by atoms with van der Waals surface area (Å²) in [6.07, 6.45) is 0.833. The Bertz CT molecular complexity index is 409. The van der Waals surface area contributed by atoms with Crippen molar-refractivity contribution in [2.45, 2.75) is 19.0 Å². The third kappa shape index (κ3) is 2.67. The van der Waals surface area contributed by atoms with Crippen molar-refractivity contribution >= 4 is 29.1 Å². The smallest absolute Gasteiger partial charge is 0.237 e. The Balaban J connectivity index is 1.94. The molecule has 0 aromatic heterocycles. The fourth-order valence-electron chi connectivity index (χ4n) is 1.68. The van der Waals surface area contributed by atoms with Crippen LogP contribution in [0.1, 0.15) is 12.0 Å². The first-order chi connectivity index (χ1) is 7.66. The van der Waals surface area contributed by atoms with Crippen molar-refractivity contribution in [3.8, 4) is 0 Å². The van der Waals surface area contributed by atoms with Crippen molar-refractivity contribution in [2.24, 2.45) is 0 Å². The zero-order valence-electron chi connectivity index (χ0n) is 8.59. The van der Waals surface area contributed by atoms with Crippen LogP contribution in [0.25, 0.3) is 0 Å².